The zero-order valence-electron chi connectivity index (χ0n) is 13.9. The van der Waals surface area contributed by atoms with E-state index >= 15 is 0 Å². The smallest absolute Gasteiger partial charge is 0.282 e. The Hall–Kier alpha value is -0.700. The predicted molar refractivity (Wildman–Crippen MR) is 88.1 cm³/mol. The van der Waals surface area contributed by atoms with Crippen LogP contribution in [-0.4, -0.2) is 79.7 Å². The molecule has 1 atom stereocenters. The van der Waals surface area contributed by atoms with E-state index in [2.05, 4.69) is 12.2 Å². The largest absolute Gasteiger partial charge is 0.352 e. The molecule has 0 aromatic carbocycles. The fourth-order valence-corrected chi connectivity index (χ4v) is 5.10. The molecular weight excluding hydrogens is 316 g/mol. The lowest BCUT2D eigenvalue weighted by atomic mass is 10.0. The molecule has 0 unspecified atom stereocenters. The third-order valence-corrected chi connectivity index (χ3v) is 6.92. The van der Waals surface area contributed by atoms with Crippen LogP contribution < -0.4 is 5.32 Å². The molecule has 3 fully saturated rings. The summed E-state index contributed by atoms with van der Waals surface area (Å²) in [6.45, 7) is 5.96. The molecule has 2 saturated heterocycles. The number of amides is 1. The lowest BCUT2D eigenvalue weighted by Crippen LogP contribution is -2.55. The van der Waals surface area contributed by atoms with Crippen LogP contribution in [0, 0.1) is 5.92 Å². The van der Waals surface area contributed by atoms with Gasteiger partial charge in [0.25, 0.3) is 10.2 Å². The van der Waals surface area contributed by atoms with Gasteiger partial charge in [-0.05, 0) is 31.6 Å². The van der Waals surface area contributed by atoms with Gasteiger partial charge < -0.3 is 5.32 Å². The minimum Gasteiger partial charge on any atom is -0.352 e. The Balaban J connectivity index is 1.48. The third-order valence-electron chi connectivity index (χ3n) is 4.91. The Labute approximate surface area is 139 Å². The normalized spacial score (nSPS) is 28.7. The second-order valence-corrected chi connectivity index (χ2v) is 9.06. The van der Waals surface area contributed by atoms with Gasteiger partial charge in [-0.15, -0.1) is 0 Å². The highest BCUT2D eigenvalue weighted by atomic mass is 32.2. The fraction of sp³-hybridized carbons (Fsp3) is 0.933. The van der Waals surface area contributed by atoms with Gasteiger partial charge in [0, 0.05) is 45.3 Å². The molecule has 132 valence electrons. The third kappa shape index (κ3) is 4.43. The molecule has 0 radical (unpaired) electrons. The van der Waals surface area contributed by atoms with E-state index in [1.54, 1.807) is 8.61 Å². The number of piperidine rings is 1. The Morgan fingerprint density at radius 1 is 1.04 bits per heavy atom. The number of nitrogens with one attached hydrogen (secondary N) is 1. The molecule has 2 heterocycles. The minimum absolute atomic E-state index is 0.0636. The van der Waals surface area contributed by atoms with E-state index < -0.39 is 10.2 Å². The molecule has 7 nitrogen and oxygen atoms in total. The fourth-order valence-electron chi connectivity index (χ4n) is 3.34. The maximum atomic E-state index is 12.7. The van der Waals surface area contributed by atoms with E-state index in [4.69, 9.17) is 0 Å². The number of carbonyl (C=O) groups excluding carboxylic acids is 1. The lowest BCUT2D eigenvalue weighted by molar-refractivity contribution is -0.122. The summed E-state index contributed by atoms with van der Waals surface area (Å²) in [6, 6.07) is 0.380. The molecule has 0 spiro atoms. The average molecular weight is 344 g/mol. The highest BCUT2D eigenvalue weighted by Gasteiger charge is 2.34. The molecule has 1 N–H and O–H groups in total. The van der Waals surface area contributed by atoms with Crippen LogP contribution in [0.15, 0.2) is 0 Å². The number of hydrogen-bond donors (Lipinski definition) is 1. The summed E-state index contributed by atoms with van der Waals surface area (Å²) >= 11 is 0. The molecule has 3 aliphatic rings. The van der Waals surface area contributed by atoms with E-state index in [-0.39, 0.29) is 5.91 Å². The molecule has 2 aliphatic heterocycles. The number of piperazine rings is 1. The van der Waals surface area contributed by atoms with Gasteiger partial charge in [0.15, 0.2) is 0 Å². The van der Waals surface area contributed by atoms with Crippen LogP contribution in [0.4, 0.5) is 0 Å². The molecule has 23 heavy (non-hydrogen) atoms. The molecule has 0 aromatic heterocycles. The van der Waals surface area contributed by atoms with Gasteiger partial charge in [-0.3, -0.25) is 9.69 Å². The number of hydrogen-bond acceptors (Lipinski definition) is 4. The average Bonchev–Trinajstić information content (AvgIpc) is 3.31. The molecule has 3 rings (SSSR count). The molecule has 8 heteroatoms. The topological polar surface area (TPSA) is 73.0 Å². The molecular formula is C15H28N4O3S. The number of rotatable bonds is 5. The van der Waals surface area contributed by atoms with Crippen LogP contribution in [0.2, 0.25) is 0 Å². The first kappa shape index (κ1) is 17.1. The summed E-state index contributed by atoms with van der Waals surface area (Å²) in [5, 5.41) is 2.98. The van der Waals surface area contributed by atoms with Crippen LogP contribution >= 0.6 is 0 Å². The van der Waals surface area contributed by atoms with E-state index in [0.29, 0.717) is 57.8 Å². The maximum Gasteiger partial charge on any atom is 0.282 e. The van der Waals surface area contributed by atoms with Crippen molar-refractivity contribution in [2.45, 2.75) is 38.6 Å². The molecule has 1 amide bonds. The van der Waals surface area contributed by atoms with E-state index in [1.165, 1.54) is 0 Å². The number of carbonyl (C=O) groups is 1. The minimum atomic E-state index is -3.34. The summed E-state index contributed by atoms with van der Waals surface area (Å²) in [5.74, 6) is 0.500. The molecule has 0 bridgehead atoms. The quantitative estimate of drug-likeness (QED) is 0.753. The van der Waals surface area contributed by atoms with Gasteiger partial charge >= 0.3 is 0 Å². The van der Waals surface area contributed by atoms with Crippen LogP contribution in [0.5, 0.6) is 0 Å². The van der Waals surface area contributed by atoms with Crippen molar-refractivity contribution in [3.8, 4) is 0 Å². The van der Waals surface area contributed by atoms with Gasteiger partial charge in [-0.25, -0.2) is 0 Å². The van der Waals surface area contributed by atoms with E-state index in [9.17, 15) is 13.2 Å². The Bertz CT molecular complexity index is 527. The van der Waals surface area contributed by atoms with Crippen molar-refractivity contribution in [2.24, 2.45) is 5.92 Å². The Morgan fingerprint density at radius 3 is 2.35 bits per heavy atom. The monoisotopic (exact) mass is 344 g/mol. The van der Waals surface area contributed by atoms with Crippen molar-refractivity contribution < 1.29 is 13.2 Å². The van der Waals surface area contributed by atoms with Crippen molar-refractivity contribution in [3.05, 3.63) is 0 Å². The molecule has 0 aromatic rings. The Morgan fingerprint density at radius 2 is 1.74 bits per heavy atom. The van der Waals surface area contributed by atoms with Gasteiger partial charge in [0.2, 0.25) is 5.91 Å². The summed E-state index contributed by atoms with van der Waals surface area (Å²) in [5.41, 5.74) is 0. The van der Waals surface area contributed by atoms with E-state index in [1.807, 2.05) is 4.90 Å². The van der Waals surface area contributed by atoms with Crippen LogP contribution in [0.3, 0.4) is 0 Å². The summed E-state index contributed by atoms with van der Waals surface area (Å²) < 4.78 is 28.7. The Kier molecular flexibility index (Phi) is 5.25. The van der Waals surface area contributed by atoms with Gasteiger partial charge in [-0.1, -0.05) is 6.92 Å². The van der Waals surface area contributed by atoms with Crippen molar-refractivity contribution in [2.75, 3.05) is 45.8 Å². The highest BCUT2D eigenvalue weighted by molar-refractivity contribution is 7.86. The first-order valence-electron chi connectivity index (χ1n) is 8.72. The van der Waals surface area contributed by atoms with Gasteiger partial charge in [-0.2, -0.15) is 17.0 Å². The highest BCUT2D eigenvalue weighted by Crippen LogP contribution is 2.21. The first-order chi connectivity index (χ1) is 10.9. The summed E-state index contributed by atoms with van der Waals surface area (Å²) in [4.78, 5) is 13.9. The van der Waals surface area contributed by atoms with Crippen LogP contribution in [0.25, 0.3) is 0 Å². The van der Waals surface area contributed by atoms with Gasteiger partial charge in [0.05, 0.1) is 6.54 Å². The SMILES string of the molecule is C[C@@H]1CCCN(S(=O)(=O)N2CCN(CC(=O)NC3CC3)CC2)C1. The molecule has 1 aliphatic carbocycles. The zero-order valence-corrected chi connectivity index (χ0v) is 14.7. The van der Waals surface area contributed by atoms with Gasteiger partial charge in [0.1, 0.15) is 0 Å². The molecule has 1 saturated carbocycles. The van der Waals surface area contributed by atoms with Crippen LogP contribution in [0.1, 0.15) is 32.6 Å². The van der Waals surface area contributed by atoms with E-state index in [0.717, 1.165) is 25.7 Å². The second-order valence-electron chi connectivity index (χ2n) is 7.13. The maximum absolute atomic E-state index is 12.7. The standard InChI is InChI=1S/C15H28N4O3S/c1-13-3-2-6-19(11-13)23(21,22)18-9-7-17(8-10-18)12-15(20)16-14-4-5-14/h13-14H,2-12H2,1H3,(H,16,20)/t13-/m1/s1. The predicted octanol–water partition coefficient (Wildman–Crippen LogP) is -0.141. The van der Waals surface area contributed by atoms with Crippen molar-refractivity contribution in [1.29, 1.82) is 0 Å². The summed E-state index contributed by atoms with van der Waals surface area (Å²) in [7, 11) is -3.34. The van der Waals surface area contributed by atoms with Crippen molar-refractivity contribution >= 4 is 16.1 Å². The zero-order chi connectivity index (χ0) is 16.4. The van der Waals surface area contributed by atoms with Crippen LogP contribution in [-0.2, 0) is 15.0 Å². The van der Waals surface area contributed by atoms with Crippen molar-refractivity contribution in [3.63, 3.8) is 0 Å². The lowest BCUT2D eigenvalue weighted by Gasteiger charge is -2.38. The van der Waals surface area contributed by atoms with Crippen molar-refractivity contribution in [1.82, 2.24) is 18.8 Å². The second kappa shape index (κ2) is 7.04. The number of nitrogens with zero attached hydrogens (tertiary/aromatic N) is 3. The summed E-state index contributed by atoms with van der Waals surface area (Å²) in [6.07, 6.45) is 4.23. The first-order valence-corrected chi connectivity index (χ1v) is 10.1.